The molecule has 0 atom stereocenters. The second-order valence-corrected chi connectivity index (χ2v) is 5.50. The van der Waals surface area contributed by atoms with Crippen molar-refractivity contribution in [2.45, 2.75) is 27.2 Å². The summed E-state index contributed by atoms with van der Waals surface area (Å²) >= 11 is 0. The first-order valence-corrected chi connectivity index (χ1v) is 5.59. The summed E-state index contributed by atoms with van der Waals surface area (Å²) in [5, 5.41) is 1.15. The molecule has 2 rings (SSSR count). The first kappa shape index (κ1) is 10.9. The van der Waals surface area contributed by atoms with Crippen LogP contribution in [0.2, 0.25) is 0 Å². The Morgan fingerprint density at radius 1 is 1.12 bits per heavy atom. The number of rotatable bonds is 1. The van der Waals surface area contributed by atoms with E-state index in [1.165, 1.54) is 5.56 Å². The Balaban J connectivity index is 2.43. The van der Waals surface area contributed by atoms with E-state index in [1.807, 2.05) is 12.1 Å². The van der Waals surface area contributed by atoms with Crippen molar-refractivity contribution in [3.63, 3.8) is 0 Å². The van der Waals surface area contributed by atoms with E-state index in [0.717, 1.165) is 17.3 Å². The summed E-state index contributed by atoms with van der Waals surface area (Å²) in [6, 6.07) is 10.3. The van der Waals surface area contributed by atoms with Crippen LogP contribution in [0.3, 0.4) is 0 Å². The van der Waals surface area contributed by atoms with Gasteiger partial charge in [-0.1, -0.05) is 32.9 Å². The molecule has 0 radical (unpaired) electrons. The van der Waals surface area contributed by atoms with Gasteiger partial charge in [-0.05, 0) is 35.6 Å². The summed E-state index contributed by atoms with van der Waals surface area (Å²) in [5.74, 6) is 0.584. The number of nitrogens with two attached hydrogens (primary N) is 1. The Kier molecular flexibility index (Phi) is 2.58. The SMILES string of the molecule is CC(C)(C)Cc1ccc2ccc(N)nc2c1. The lowest BCUT2D eigenvalue weighted by Gasteiger charge is -2.18. The van der Waals surface area contributed by atoms with Crippen LogP contribution in [-0.4, -0.2) is 4.98 Å². The van der Waals surface area contributed by atoms with Crippen LogP contribution in [0.25, 0.3) is 10.9 Å². The van der Waals surface area contributed by atoms with Crippen LogP contribution >= 0.6 is 0 Å². The smallest absolute Gasteiger partial charge is 0.124 e. The highest BCUT2D eigenvalue weighted by Gasteiger charge is 2.11. The topological polar surface area (TPSA) is 38.9 Å². The summed E-state index contributed by atoms with van der Waals surface area (Å²) in [5.41, 5.74) is 8.30. The molecule has 84 valence electrons. The van der Waals surface area contributed by atoms with Crippen molar-refractivity contribution in [3.05, 3.63) is 35.9 Å². The van der Waals surface area contributed by atoms with Crippen LogP contribution in [0.1, 0.15) is 26.3 Å². The molecule has 1 aromatic heterocycles. The van der Waals surface area contributed by atoms with Gasteiger partial charge < -0.3 is 5.73 Å². The Hall–Kier alpha value is -1.57. The van der Waals surface area contributed by atoms with Crippen LogP contribution < -0.4 is 5.73 Å². The molecule has 0 saturated heterocycles. The van der Waals surface area contributed by atoms with E-state index < -0.39 is 0 Å². The van der Waals surface area contributed by atoms with Gasteiger partial charge >= 0.3 is 0 Å². The summed E-state index contributed by atoms with van der Waals surface area (Å²) in [6.07, 6.45) is 1.05. The molecule has 0 aliphatic rings. The van der Waals surface area contributed by atoms with Crippen molar-refractivity contribution in [2.75, 3.05) is 5.73 Å². The number of aromatic nitrogens is 1. The fourth-order valence-electron chi connectivity index (χ4n) is 1.90. The predicted molar refractivity (Wildman–Crippen MR) is 69.3 cm³/mol. The zero-order valence-electron chi connectivity index (χ0n) is 10.1. The molecule has 1 heterocycles. The van der Waals surface area contributed by atoms with Gasteiger partial charge in [0, 0.05) is 5.39 Å². The minimum absolute atomic E-state index is 0.300. The molecule has 1 aromatic carbocycles. The van der Waals surface area contributed by atoms with Crippen molar-refractivity contribution in [3.8, 4) is 0 Å². The molecular formula is C14H18N2. The number of hydrogen-bond donors (Lipinski definition) is 1. The third-order valence-electron chi connectivity index (χ3n) is 2.51. The minimum Gasteiger partial charge on any atom is -0.384 e. The third-order valence-corrected chi connectivity index (χ3v) is 2.51. The van der Waals surface area contributed by atoms with E-state index in [0.29, 0.717) is 11.2 Å². The number of pyridine rings is 1. The van der Waals surface area contributed by atoms with Crippen LogP contribution in [-0.2, 0) is 6.42 Å². The van der Waals surface area contributed by atoms with E-state index in [2.05, 4.69) is 44.0 Å². The first-order chi connectivity index (χ1) is 7.44. The predicted octanol–water partition coefficient (Wildman–Crippen LogP) is 3.41. The molecule has 2 aromatic rings. The fraction of sp³-hybridized carbons (Fsp3) is 0.357. The minimum atomic E-state index is 0.300. The number of fused-ring (bicyclic) bond motifs is 1. The number of nitrogens with zero attached hydrogens (tertiary/aromatic N) is 1. The fourth-order valence-corrected chi connectivity index (χ4v) is 1.90. The van der Waals surface area contributed by atoms with Gasteiger partial charge in [0.1, 0.15) is 5.82 Å². The molecule has 0 fully saturated rings. The quantitative estimate of drug-likeness (QED) is 0.790. The van der Waals surface area contributed by atoms with Crippen molar-refractivity contribution in [1.29, 1.82) is 0 Å². The molecule has 0 amide bonds. The summed E-state index contributed by atoms with van der Waals surface area (Å²) < 4.78 is 0. The monoisotopic (exact) mass is 214 g/mol. The maximum atomic E-state index is 5.69. The molecule has 2 heteroatoms. The van der Waals surface area contributed by atoms with Gasteiger partial charge in [0.2, 0.25) is 0 Å². The molecular weight excluding hydrogens is 196 g/mol. The van der Waals surface area contributed by atoms with E-state index in [1.54, 1.807) is 0 Å². The molecule has 0 saturated carbocycles. The van der Waals surface area contributed by atoms with Crippen LogP contribution in [0, 0.1) is 5.41 Å². The molecule has 0 spiro atoms. The molecule has 2 N–H and O–H groups in total. The average molecular weight is 214 g/mol. The second kappa shape index (κ2) is 3.78. The number of anilines is 1. The van der Waals surface area contributed by atoms with Gasteiger partial charge in [0.05, 0.1) is 5.52 Å². The zero-order valence-corrected chi connectivity index (χ0v) is 10.1. The third kappa shape index (κ3) is 2.51. The first-order valence-electron chi connectivity index (χ1n) is 5.59. The van der Waals surface area contributed by atoms with Crippen LogP contribution in [0.15, 0.2) is 30.3 Å². The van der Waals surface area contributed by atoms with E-state index in [9.17, 15) is 0 Å². The van der Waals surface area contributed by atoms with Crippen molar-refractivity contribution >= 4 is 16.7 Å². The summed E-state index contributed by atoms with van der Waals surface area (Å²) in [4.78, 5) is 4.34. The summed E-state index contributed by atoms with van der Waals surface area (Å²) in [6.45, 7) is 6.72. The molecule has 0 unspecified atom stereocenters. The highest BCUT2D eigenvalue weighted by Crippen LogP contribution is 2.23. The Morgan fingerprint density at radius 3 is 2.50 bits per heavy atom. The van der Waals surface area contributed by atoms with E-state index >= 15 is 0 Å². The Bertz CT molecular complexity index is 510. The molecule has 2 nitrogen and oxygen atoms in total. The van der Waals surface area contributed by atoms with Gasteiger partial charge in [-0.15, -0.1) is 0 Å². The lowest BCUT2D eigenvalue weighted by molar-refractivity contribution is 0.411. The number of hydrogen-bond acceptors (Lipinski definition) is 2. The highest BCUT2D eigenvalue weighted by atomic mass is 14.8. The average Bonchev–Trinajstić information content (AvgIpc) is 2.14. The molecule has 0 bridgehead atoms. The lowest BCUT2D eigenvalue weighted by Crippen LogP contribution is -2.09. The molecule has 0 aliphatic heterocycles. The maximum absolute atomic E-state index is 5.69. The molecule has 0 aliphatic carbocycles. The van der Waals surface area contributed by atoms with Crippen LogP contribution in [0.4, 0.5) is 5.82 Å². The van der Waals surface area contributed by atoms with Crippen molar-refractivity contribution in [2.24, 2.45) is 5.41 Å². The van der Waals surface area contributed by atoms with Crippen LogP contribution in [0.5, 0.6) is 0 Å². The van der Waals surface area contributed by atoms with Gasteiger partial charge in [-0.25, -0.2) is 4.98 Å². The van der Waals surface area contributed by atoms with Gasteiger partial charge in [-0.3, -0.25) is 0 Å². The zero-order chi connectivity index (χ0) is 11.8. The normalized spacial score (nSPS) is 11.9. The maximum Gasteiger partial charge on any atom is 0.124 e. The largest absolute Gasteiger partial charge is 0.384 e. The standard InChI is InChI=1S/C14H18N2/c1-14(2,3)9-10-4-5-11-6-7-13(15)16-12(11)8-10/h4-8H,9H2,1-3H3,(H2,15,16). The lowest BCUT2D eigenvalue weighted by atomic mass is 9.88. The van der Waals surface area contributed by atoms with E-state index in [4.69, 9.17) is 5.73 Å². The Morgan fingerprint density at radius 2 is 1.81 bits per heavy atom. The van der Waals surface area contributed by atoms with E-state index in [-0.39, 0.29) is 0 Å². The molecule has 16 heavy (non-hydrogen) atoms. The van der Waals surface area contributed by atoms with Crippen molar-refractivity contribution < 1.29 is 0 Å². The van der Waals surface area contributed by atoms with Gasteiger partial charge in [0.25, 0.3) is 0 Å². The number of nitrogen functional groups attached to an aromatic ring is 1. The summed E-state index contributed by atoms with van der Waals surface area (Å²) in [7, 11) is 0. The van der Waals surface area contributed by atoms with Crippen molar-refractivity contribution in [1.82, 2.24) is 4.98 Å². The van der Waals surface area contributed by atoms with Gasteiger partial charge in [0.15, 0.2) is 0 Å². The van der Waals surface area contributed by atoms with Gasteiger partial charge in [-0.2, -0.15) is 0 Å². The highest BCUT2D eigenvalue weighted by molar-refractivity contribution is 5.80. The Labute approximate surface area is 96.5 Å². The number of benzene rings is 1. The second-order valence-electron chi connectivity index (χ2n) is 5.50.